The second kappa shape index (κ2) is 7.85. The van der Waals surface area contributed by atoms with Crippen molar-refractivity contribution in [3.05, 3.63) is 50.9 Å². The summed E-state index contributed by atoms with van der Waals surface area (Å²) >= 11 is 1.35. The molecule has 3 aromatic rings. The van der Waals surface area contributed by atoms with E-state index in [1.165, 1.54) is 21.9 Å². The highest BCUT2D eigenvalue weighted by atomic mass is 32.2. The van der Waals surface area contributed by atoms with Crippen LogP contribution in [0.15, 0.2) is 34.0 Å². The molecule has 1 saturated heterocycles. The highest BCUT2D eigenvalue weighted by molar-refractivity contribution is 7.89. The van der Waals surface area contributed by atoms with Gasteiger partial charge in [0.25, 0.3) is 5.56 Å². The van der Waals surface area contributed by atoms with Crippen molar-refractivity contribution in [1.82, 2.24) is 18.9 Å². The van der Waals surface area contributed by atoms with Crippen LogP contribution in [-0.2, 0) is 16.6 Å². The predicted octanol–water partition coefficient (Wildman–Crippen LogP) is 2.55. The number of aromatic nitrogens is 3. The molecule has 0 bridgehead atoms. The molecule has 0 saturated carbocycles. The molecule has 0 amide bonds. The van der Waals surface area contributed by atoms with Crippen molar-refractivity contribution >= 4 is 32.0 Å². The van der Waals surface area contributed by atoms with Crippen molar-refractivity contribution in [2.24, 2.45) is 0 Å². The van der Waals surface area contributed by atoms with Crippen LogP contribution in [0.25, 0.3) is 4.96 Å². The molecule has 3 heterocycles. The topological polar surface area (TPSA) is 96.7 Å². The molecule has 0 radical (unpaired) electrons. The van der Waals surface area contributed by atoms with E-state index in [4.69, 9.17) is 0 Å². The van der Waals surface area contributed by atoms with Gasteiger partial charge in [0.1, 0.15) is 5.01 Å². The molecule has 1 fully saturated rings. The quantitative estimate of drug-likeness (QED) is 0.664. The van der Waals surface area contributed by atoms with Crippen LogP contribution in [0, 0.1) is 13.8 Å². The van der Waals surface area contributed by atoms with Crippen LogP contribution < -0.4 is 10.9 Å². The van der Waals surface area contributed by atoms with E-state index in [0.29, 0.717) is 40.9 Å². The molecule has 0 spiro atoms. The largest absolute Gasteiger partial charge is 0.379 e. The first-order valence-electron chi connectivity index (χ1n) is 9.56. The molecule has 1 N–H and O–H groups in total. The number of aryl methyl sites for hydroxylation is 2. The van der Waals surface area contributed by atoms with Crippen molar-refractivity contribution in [3.8, 4) is 0 Å². The van der Waals surface area contributed by atoms with Gasteiger partial charge in [-0.3, -0.25) is 4.79 Å². The fourth-order valence-electron chi connectivity index (χ4n) is 3.47. The van der Waals surface area contributed by atoms with Crippen LogP contribution in [-0.4, -0.2) is 40.4 Å². The number of rotatable bonds is 5. The smallest absolute Gasteiger partial charge is 0.275 e. The second-order valence-corrected chi connectivity index (χ2v) is 10.3. The third-order valence-electron chi connectivity index (χ3n) is 4.99. The van der Waals surface area contributed by atoms with Crippen molar-refractivity contribution in [2.75, 3.05) is 18.4 Å². The molecule has 0 aliphatic carbocycles. The van der Waals surface area contributed by atoms with E-state index in [1.807, 2.05) is 19.9 Å². The lowest BCUT2D eigenvalue weighted by molar-refractivity contribution is 0.346. The summed E-state index contributed by atoms with van der Waals surface area (Å²) in [5.41, 5.74) is 1.75. The summed E-state index contributed by atoms with van der Waals surface area (Å²) in [5.74, 6) is 0. The molecule has 8 nitrogen and oxygen atoms in total. The Morgan fingerprint density at radius 3 is 2.66 bits per heavy atom. The monoisotopic (exact) mass is 433 g/mol. The number of anilines is 1. The van der Waals surface area contributed by atoms with Crippen molar-refractivity contribution in [2.45, 2.75) is 44.6 Å². The van der Waals surface area contributed by atoms with E-state index >= 15 is 0 Å². The number of fused-ring (bicyclic) bond motifs is 1. The Bertz CT molecular complexity index is 1210. The molecular weight excluding hydrogens is 410 g/mol. The maximum absolute atomic E-state index is 13.1. The van der Waals surface area contributed by atoms with E-state index in [1.54, 1.807) is 16.4 Å². The van der Waals surface area contributed by atoms with Crippen LogP contribution in [0.1, 0.15) is 35.5 Å². The van der Waals surface area contributed by atoms with Crippen LogP contribution >= 0.6 is 11.3 Å². The number of nitrogens with one attached hydrogen (secondary N) is 1. The standard InChI is InChI=1S/C19H23N5O3S2/c1-13-6-7-15(10-17(13)29(26,27)23-8-4-3-5-9-23)20-12-16-11-18(25)24-19(21-16)28-14(2)22-24/h6-7,10-11,20H,3-5,8-9,12H2,1-2H3. The Morgan fingerprint density at radius 2 is 1.90 bits per heavy atom. The number of nitrogens with zero attached hydrogens (tertiary/aromatic N) is 4. The Balaban J connectivity index is 1.57. The predicted molar refractivity (Wildman–Crippen MR) is 113 cm³/mol. The van der Waals surface area contributed by atoms with Crippen molar-refractivity contribution in [3.63, 3.8) is 0 Å². The van der Waals surface area contributed by atoms with E-state index in [2.05, 4.69) is 15.4 Å². The Labute approximate surface area is 173 Å². The lowest BCUT2D eigenvalue weighted by Crippen LogP contribution is -2.36. The lowest BCUT2D eigenvalue weighted by Gasteiger charge is -2.26. The number of hydrogen-bond donors (Lipinski definition) is 1. The lowest BCUT2D eigenvalue weighted by atomic mass is 10.2. The zero-order valence-corrected chi connectivity index (χ0v) is 18.0. The summed E-state index contributed by atoms with van der Waals surface area (Å²) in [6.07, 6.45) is 2.87. The number of piperidine rings is 1. The average molecular weight is 434 g/mol. The third kappa shape index (κ3) is 4.05. The minimum absolute atomic E-state index is 0.228. The summed E-state index contributed by atoms with van der Waals surface area (Å²) in [4.78, 5) is 17.5. The first-order valence-corrected chi connectivity index (χ1v) is 11.8. The summed E-state index contributed by atoms with van der Waals surface area (Å²) < 4.78 is 29.0. The van der Waals surface area contributed by atoms with E-state index in [0.717, 1.165) is 29.8 Å². The minimum atomic E-state index is -3.51. The fourth-order valence-corrected chi connectivity index (χ4v) is 6.00. The molecular formula is C19H23N5O3S2. The van der Waals surface area contributed by atoms with Gasteiger partial charge in [-0.25, -0.2) is 13.4 Å². The first kappa shape index (κ1) is 20.0. The second-order valence-electron chi connectivity index (χ2n) is 7.20. The first-order chi connectivity index (χ1) is 13.8. The van der Waals surface area contributed by atoms with Gasteiger partial charge in [0, 0.05) is 24.8 Å². The molecule has 0 atom stereocenters. The number of hydrogen-bond acceptors (Lipinski definition) is 7. The van der Waals surface area contributed by atoms with Gasteiger partial charge in [-0.15, -0.1) is 0 Å². The zero-order valence-electron chi connectivity index (χ0n) is 16.4. The van der Waals surface area contributed by atoms with Gasteiger partial charge < -0.3 is 5.32 Å². The van der Waals surface area contributed by atoms with Gasteiger partial charge in [0.05, 0.1) is 17.1 Å². The van der Waals surface area contributed by atoms with Crippen molar-refractivity contribution in [1.29, 1.82) is 0 Å². The Hall–Kier alpha value is -2.30. The summed E-state index contributed by atoms with van der Waals surface area (Å²) in [6, 6.07) is 6.75. The Morgan fingerprint density at radius 1 is 1.14 bits per heavy atom. The van der Waals surface area contributed by atoms with Gasteiger partial charge in [-0.05, 0) is 44.4 Å². The Kier molecular flexibility index (Phi) is 5.41. The van der Waals surface area contributed by atoms with E-state index in [-0.39, 0.29) is 5.56 Å². The molecule has 4 rings (SSSR count). The van der Waals surface area contributed by atoms with E-state index in [9.17, 15) is 13.2 Å². The van der Waals surface area contributed by atoms with Gasteiger partial charge in [0.15, 0.2) is 0 Å². The highest BCUT2D eigenvalue weighted by Crippen LogP contribution is 2.26. The molecule has 1 aromatic carbocycles. The summed E-state index contributed by atoms with van der Waals surface area (Å²) in [6.45, 7) is 5.09. The maximum atomic E-state index is 13.1. The molecule has 0 unspecified atom stereocenters. The zero-order chi connectivity index (χ0) is 20.6. The number of benzene rings is 1. The third-order valence-corrected chi connectivity index (χ3v) is 7.86. The summed E-state index contributed by atoms with van der Waals surface area (Å²) in [5, 5.41) is 8.10. The van der Waals surface area contributed by atoms with Crippen LogP contribution in [0.3, 0.4) is 0 Å². The molecule has 1 aliphatic rings. The van der Waals surface area contributed by atoms with Crippen LogP contribution in [0.5, 0.6) is 0 Å². The highest BCUT2D eigenvalue weighted by Gasteiger charge is 2.27. The van der Waals surface area contributed by atoms with E-state index < -0.39 is 10.0 Å². The fraction of sp³-hybridized carbons (Fsp3) is 0.421. The number of sulfonamides is 1. The normalized spacial score (nSPS) is 15.7. The molecule has 154 valence electrons. The minimum Gasteiger partial charge on any atom is -0.379 e. The van der Waals surface area contributed by atoms with Gasteiger partial charge in [0.2, 0.25) is 15.0 Å². The van der Waals surface area contributed by atoms with Crippen LogP contribution in [0.2, 0.25) is 0 Å². The van der Waals surface area contributed by atoms with Gasteiger partial charge in [-0.1, -0.05) is 23.8 Å². The SMILES string of the molecule is Cc1nn2c(=O)cc(CNc3ccc(C)c(S(=O)(=O)N4CCCCC4)c3)nc2s1. The molecule has 2 aromatic heterocycles. The molecule has 29 heavy (non-hydrogen) atoms. The maximum Gasteiger partial charge on any atom is 0.275 e. The van der Waals surface area contributed by atoms with Crippen LogP contribution in [0.4, 0.5) is 5.69 Å². The molecule has 1 aliphatic heterocycles. The summed E-state index contributed by atoms with van der Waals surface area (Å²) in [7, 11) is -3.51. The van der Waals surface area contributed by atoms with Gasteiger partial charge >= 0.3 is 0 Å². The van der Waals surface area contributed by atoms with Gasteiger partial charge in [-0.2, -0.15) is 13.9 Å². The average Bonchev–Trinajstić information content (AvgIpc) is 3.09. The molecule has 10 heteroatoms. The van der Waals surface area contributed by atoms with Crippen molar-refractivity contribution < 1.29 is 8.42 Å².